The molecule has 4 nitrogen and oxygen atoms in total. The first-order valence-corrected chi connectivity index (χ1v) is 11.3. The molecule has 0 aliphatic heterocycles. The quantitative estimate of drug-likeness (QED) is 0.703. The predicted molar refractivity (Wildman–Crippen MR) is 118 cm³/mol. The van der Waals surface area contributed by atoms with Gasteiger partial charge < -0.3 is 10.6 Å². The van der Waals surface area contributed by atoms with Crippen LogP contribution in [0.2, 0.25) is 0 Å². The van der Waals surface area contributed by atoms with E-state index in [0.717, 1.165) is 48.1 Å². The van der Waals surface area contributed by atoms with Gasteiger partial charge in [0.1, 0.15) is 0 Å². The van der Waals surface area contributed by atoms with Crippen molar-refractivity contribution in [2.75, 3.05) is 13.1 Å². The molecular weight excluding hydrogens is 372 g/mol. The lowest BCUT2D eigenvalue weighted by Crippen LogP contribution is -2.54. The van der Waals surface area contributed by atoms with Crippen LogP contribution in [0, 0.1) is 23.2 Å². The van der Waals surface area contributed by atoms with Gasteiger partial charge in [0.2, 0.25) is 5.91 Å². The molecule has 2 amide bonds. The van der Waals surface area contributed by atoms with Crippen LogP contribution >= 0.6 is 0 Å². The van der Waals surface area contributed by atoms with Crippen molar-refractivity contribution in [1.82, 2.24) is 10.6 Å². The van der Waals surface area contributed by atoms with E-state index in [0.29, 0.717) is 18.7 Å². The molecule has 4 heteroatoms. The average molecular weight is 403 g/mol. The molecule has 156 valence electrons. The minimum Gasteiger partial charge on any atom is -0.354 e. The van der Waals surface area contributed by atoms with Crippen molar-refractivity contribution in [1.29, 1.82) is 0 Å². The minimum absolute atomic E-state index is 0.0985. The second-order valence-corrected chi connectivity index (χ2v) is 9.65. The Labute approximate surface area is 178 Å². The van der Waals surface area contributed by atoms with Gasteiger partial charge in [-0.1, -0.05) is 42.5 Å². The summed E-state index contributed by atoms with van der Waals surface area (Å²) in [6, 6.07) is 17.8. The summed E-state index contributed by atoms with van der Waals surface area (Å²) < 4.78 is 0. The maximum absolute atomic E-state index is 13.0. The Morgan fingerprint density at radius 3 is 1.87 bits per heavy atom. The molecule has 0 saturated heterocycles. The third-order valence-electron chi connectivity index (χ3n) is 7.47. The van der Waals surface area contributed by atoms with E-state index in [4.69, 9.17) is 0 Å². The van der Waals surface area contributed by atoms with Crippen LogP contribution < -0.4 is 10.6 Å². The van der Waals surface area contributed by atoms with Gasteiger partial charge in [-0.2, -0.15) is 0 Å². The van der Waals surface area contributed by atoms with E-state index in [1.807, 2.05) is 42.5 Å². The molecule has 0 radical (unpaired) electrons. The Bertz CT molecular complexity index is 885. The lowest BCUT2D eigenvalue weighted by atomic mass is 9.49. The summed E-state index contributed by atoms with van der Waals surface area (Å²) in [4.78, 5) is 25.4. The molecule has 4 fully saturated rings. The van der Waals surface area contributed by atoms with Crippen molar-refractivity contribution >= 4 is 11.8 Å². The summed E-state index contributed by atoms with van der Waals surface area (Å²) in [5.41, 5.74) is 2.75. The monoisotopic (exact) mass is 402 g/mol. The summed E-state index contributed by atoms with van der Waals surface area (Å²) >= 11 is 0. The van der Waals surface area contributed by atoms with E-state index in [1.165, 1.54) is 19.3 Å². The van der Waals surface area contributed by atoms with Gasteiger partial charge in [0, 0.05) is 24.1 Å². The molecule has 4 bridgehead atoms. The van der Waals surface area contributed by atoms with Crippen LogP contribution in [-0.4, -0.2) is 24.9 Å². The zero-order valence-corrected chi connectivity index (χ0v) is 17.4. The molecule has 30 heavy (non-hydrogen) atoms. The first kappa shape index (κ1) is 19.3. The highest BCUT2D eigenvalue weighted by Crippen LogP contribution is 2.60. The molecule has 4 aliphatic rings. The smallest absolute Gasteiger partial charge is 0.251 e. The van der Waals surface area contributed by atoms with Crippen molar-refractivity contribution in [3.8, 4) is 11.1 Å². The fourth-order valence-electron chi connectivity index (χ4n) is 6.48. The molecule has 0 unspecified atom stereocenters. The molecule has 2 N–H and O–H groups in total. The van der Waals surface area contributed by atoms with Crippen LogP contribution in [-0.2, 0) is 4.79 Å². The van der Waals surface area contributed by atoms with E-state index in [1.54, 1.807) is 0 Å². The molecule has 4 saturated carbocycles. The number of carbonyl (C=O) groups is 2. The summed E-state index contributed by atoms with van der Waals surface area (Å²) in [6.07, 6.45) is 7.24. The average Bonchev–Trinajstić information content (AvgIpc) is 2.76. The Hall–Kier alpha value is -2.62. The van der Waals surface area contributed by atoms with Gasteiger partial charge in [-0.3, -0.25) is 9.59 Å². The molecule has 0 heterocycles. The summed E-state index contributed by atoms with van der Waals surface area (Å²) in [6.45, 7) is 0.950. The van der Waals surface area contributed by atoms with Gasteiger partial charge in [-0.25, -0.2) is 0 Å². The molecule has 0 spiro atoms. The summed E-state index contributed by atoms with van der Waals surface area (Å²) in [5, 5.41) is 6.06. The summed E-state index contributed by atoms with van der Waals surface area (Å²) in [5.74, 6) is 2.42. The zero-order chi connectivity index (χ0) is 20.6. The van der Waals surface area contributed by atoms with Gasteiger partial charge in [0.25, 0.3) is 5.91 Å². The van der Waals surface area contributed by atoms with E-state index < -0.39 is 0 Å². The van der Waals surface area contributed by atoms with Crippen LogP contribution in [0.1, 0.15) is 48.9 Å². The predicted octanol–water partition coefficient (Wildman–Crippen LogP) is 4.42. The lowest BCUT2D eigenvalue weighted by Gasteiger charge is -2.55. The highest BCUT2D eigenvalue weighted by molar-refractivity contribution is 5.94. The van der Waals surface area contributed by atoms with Crippen LogP contribution in [0.4, 0.5) is 0 Å². The van der Waals surface area contributed by atoms with Gasteiger partial charge >= 0.3 is 0 Å². The third-order valence-corrected chi connectivity index (χ3v) is 7.47. The lowest BCUT2D eigenvalue weighted by molar-refractivity contribution is -0.146. The van der Waals surface area contributed by atoms with Gasteiger partial charge in [0.05, 0.1) is 0 Å². The van der Waals surface area contributed by atoms with Crippen LogP contribution in [0.3, 0.4) is 0 Å². The van der Waals surface area contributed by atoms with Crippen LogP contribution in [0.15, 0.2) is 54.6 Å². The first-order chi connectivity index (χ1) is 14.6. The van der Waals surface area contributed by atoms with Crippen molar-refractivity contribution in [3.63, 3.8) is 0 Å². The molecular formula is C26H30N2O2. The zero-order valence-electron chi connectivity index (χ0n) is 17.4. The number of carbonyl (C=O) groups excluding carboxylic acids is 2. The maximum Gasteiger partial charge on any atom is 0.251 e. The summed E-state index contributed by atoms with van der Waals surface area (Å²) in [7, 11) is 0. The van der Waals surface area contributed by atoms with Crippen molar-refractivity contribution in [3.05, 3.63) is 60.2 Å². The maximum atomic E-state index is 13.0. The molecule has 4 aliphatic carbocycles. The van der Waals surface area contributed by atoms with Crippen LogP contribution in [0.25, 0.3) is 11.1 Å². The third kappa shape index (κ3) is 3.76. The second kappa shape index (κ2) is 7.90. The van der Waals surface area contributed by atoms with Crippen molar-refractivity contribution < 1.29 is 9.59 Å². The topological polar surface area (TPSA) is 58.2 Å². The Balaban J connectivity index is 1.10. The van der Waals surface area contributed by atoms with E-state index in [-0.39, 0.29) is 17.2 Å². The number of rotatable bonds is 6. The highest BCUT2D eigenvalue weighted by atomic mass is 16.2. The highest BCUT2D eigenvalue weighted by Gasteiger charge is 2.54. The van der Waals surface area contributed by atoms with E-state index >= 15 is 0 Å². The number of hydrogen-bond donors (Lipinski definition) is 2. The molecule has 6 rings (SSSR count). The Morgan fingerprint density at radius 2 is 1.27 bits per heavy atom. The molecule has 2 aromatic carbocycles. The van der Waals surface area contributed by atoms with Crippen molar-refractivity contribution in [2.24, 2.45) is 23.2 Å². The molecule has 0 aromatic heterocycles. The van der Waals surface area contributed by atoms with Crippen LogP contribution in [0.5, 0.6) is 0 Å². The van der Waals surface area contributed by atoms with Gasteiger partial charge in [-0.05, 0) is 79.5 Å². The van der Waals surface area contributed by atoms with Gasteiger partial charge in [0.15, 0.2) is 0 Å². The number of amides is 2. The number of hydrogen-bond acceptors (Lipinski definition) is 2. The molecule has 0 atom stereocenters. The Morgan fingerprint density at radius 1 is 0.733 bits per heavy atom. The molecule has 2 aromatic rings. The minimum atomic E-state index is -0.119. The second-order valence-electron chi connectivity index (χ2n) is 9.65. The van der Waals surface area contributed by atoms with E-state index in [2.05, 4.69) is 22.8 Å². The SMILES string of the molecule is O=C(NCCNC(=O)C12CC3CC(CC(C3)C1)C2)c1ccc(-c2ccccc2)cc1. The Kier molecular flexibility index (Phi) is 5.10. The first-order valence-electron chi connectivity index (χ1n) is 11.3. The normalized spacial score (nSPS) is 28.9. The fourth-order valence-corrected chi connectivity index (χ4v) is 6.48. The largest absolute Gasteiger partial charge is 0.354 e. The fraction of sp³-hybridized carbons (Fsp3) is 0.462. The van der Waals surface area contributed by atoms with Crippen molar-refractivity contribution in [2.45, 2.75) is 38.5 Å². The number of benzene rings is 2. The van der Waals surface area contributed by atoms with Gasteiger partial charge in [-0.15, -0.1) is 0 Å². The standard InChI is InChI=1S/C26H30N2O2/c29-24(23-8-6-22(7-9-23)21-4-2-1-3-5-21)27-10-11-28-25(30)26-15-18-12-19(16-26)14-20(13-18)17-26/h1-9,18-20H,10-17H2,(H,27,29)(H,28,30). The van der Waals surface area contributed by atoms with E-state index in [9.17, 15) is 9.59 Å². The number of nitrogens with one attached hydrogen (secondary N) is 2.